The summed E-state index contributed by atoms with van der Waals surface area (Å²) in [6, 6.07) is 0. The molecule has 0 aromatic rings. The third-order valence-corrected chi connectivity index (χ3v) is 10.4. The van der Waals surface area contributed by atoms with Crippen molar-refractivity contribution < 1.29 is 28.6 Å². The first kappa shape index (κ1) is 50.4. The van der Waals surface area contributed by atoms with Gasteiger partial charge in [0.15, 0.2) is 6.10 Å². The quantitative estimate of drug-likeness (QED) is 0.0353. The molecule has 6 heteroatoms. The van der Waals surface area contributed by atoms with Gasteiger partial charge in [0.2, 0.25) is 0 Å². The summed E-state index contributed by atoms with van der Waals surface area (Å²) in [5, 5.41) is 0. The maximum absolute atomic E-state index is 12.7. The number of carbonyl (C=O) groups excluding carboxylic acids is 3. The lowest BCUT2D eigenvalue weighted by atomic mass is 10.0. The van der Waals surface area contributed by atoms with Crippen LogP contribution in [-0.2, 0) is 28.6 Å². The summed E-state index contributed by atoms with van der Waals surface area (Å²) in [4.78, 5) is 37.6. The molecule has 6 nitrogen and oxygen atoms in total. The fraction of sp³-hybridized carbons (Fsp3) is 0.935. The van der Waals surface area contributed by atoms with Gasteiger partial charge in [-0.25, -0.2) is 0 Å². The molecule has 0 saturated carbocycles. The van der Waals surface area contributed by atoms with Crippen molar-refractivity contribution in [3.63, 3.8) is 0 Å². The minimum atomic E-state index is -0.757. The second kappa shape index (κ2) is 42.2. The van der Waals surface area contributed by atoms with Gasteiger partial charge in [-0.2, -0.15) is 0 Å². The normalized spacial score (nSPS) is 11.8. The van der Waals surface area contributed by atoms with Crippen molar-refractivity contribution >= 4 is 17.9 Å². The van der Waals surface area contributed by atoms with E-state index in [1.165, 1.54) is 161 Å². The molecule has 0 N–H and O–H groups in total. The first-order valence-electron chi connectivity index (χ1n) is 23.0. The molecule has 0 unspecified atom stereocenters. The standard InChI is InChI=1S/C46H88O6/c1-4-7-10-13-16-19-21-22-23-25-27-30-33-36-39-45(48)51-42-43(41-50-44(47)38-35-32-29-26-18-15-12-9-6-3)52-46(49)40-37-34-31-28-24-20-17-14-11-8-5-2/h43H,4-42H2,1-3H3/t43-/m0/s1. The van der Waals surface area contributed by atoms with Crippen LogP contribution in [0.1, 0.15) is 258 Å². The van der Waals surface area contributed by atoms with Crippen LogP contribution in [0.2, 0.25) is 0 Å². The predicted octanol–water partition coefficient (Wildman–Crippen LogP) is 14.5. The van der Waals surface area contributed by atoms with Gasteiger partial charge < -0.3 is 14.2 Å². The maximum Gasteiger partial charge on any atom is 0.306 e. The largest absolute Gasteiger partial charge is 0.462 e. The van der Waals surface area contributed by atoms with E-state index in [0.29, 0.717) is 19.3 Å². The molecule has 308 valence electrons. The first-order chi connectivity index (χ1) is 25.5. The maximum atomic E-state index is 12.7. The van der Waals surface area contributed by atoms with E-state index >= 15 is 0 Å². The molecule has 0 aliphatic carbocycles. The summed E-state index contributed by atoms with van der Waals surface area (Å²) in [6.45, 7) is 6.63. The molecule has 0 fully saturated rings. The molecule has 0 rings (SSSR count). The lowest BCUT2D eigenvalue weighted by Crippen LogP contribution is -2.30. The van der Waals surface area contributed by atoms with Crippen LogP contribution in [-0.4, -0.2) is 37.2 Å². The topological polar surface area (TPSA) is 78.9 Å². The molecule has 0 spiro atoms. The highest BCUT2D eigenvalue weighted by molar-refractivity contribution is 5.71. The number of unbranched alkanes of at least 4 members (excludes halogenated alkanes) is 31. The molecule has 52 heavy (non-hydrogen) atoms. The van der Waals surface area contributed by atoms with Gasteiger partial charge in [-0.05, 0) is 19.3 Å². The van der Waals surface area contributed by atoms with Gasteiger partial charge >= 0.3 is 17.9 Å². The van der Waals surface area contributed by atoms with Gasteiger partial charge in [-0.3, -0.25) is 14.4 Å². The van der Waals surface area contributed by atoms with Gasteiger partial charge in [0, 0.05) is 19.3 Å². The van der Waals surface area contributed by atoms with Gasteiger partial charge in [0.05, 0.1) is 0 Å². The molecule has 0 amide bonds. The number of ether oxygens (including phenoxy) is 3. The molecule has 0 saturated heterocycles. The number of hydrogen-bond acceptors (Lipinski definition) is 6. The highest BCUT2D eigenvalue weighted by Gasteiger charge is 2.19. The van der Waals surface area contributed by atoms with E-state index < -0.39 is 6.10 Å². The molecular formula is C46H88O6. The van der Waals surface area contributed by atoms with E-state index in [9.17, 15) is 14.4 Å². The van der Waals surface area contributed by atoms with Gasteiger partial charge in [0.25, 0.3) is 0 Å². The van der Waals surface area contributed by atoms with Crippen LogP contribution in [0.25, 0.3) is 0 Å². The second-order valence-electron chi connectivity index (χ2n) is 15.7. The Morgan fingerprint density at radius 2 is 0.519 bits per heavy atom. The summed E-state index contributed by atoms with van der Waals surface area (Å²) < 4.78 is 16.7. The van der Waals surface area contributed by atoms with Crippen molar-refractivity contribution in [3.05, 3.63) is 0 Å². The van der Waals surface area contributed by atoms with Gasteiger partial charge in [-0.15, -0.1) is 0 Å². The summed E-state index contributed by atoms with van der Waals surface area (Å²) in [6.07, 6.45) is 42.2. The van der Waals surface area contributed by atoms with Gasteiger partial charge in [0.1, 0.15) is 13.2 Å². The Morgan fingerprint density at radius 1 is 0.308 bits per heavy atom. The van der Waals surface area contributed by atoms with Crippen molar-refractivity contribution in [2.75, 3.05) is 13.2 Å². The van der Waals surface area contributed by atoms with Crippen LogP contribution in [0.4, 0.5) is 0 Å². The summed E-state index contributed by atoms with van der Waals surface area (Å²) >= 11 is 0. The Morgan fingerprint density at radius 3 is 0.769 bits per heavy atom. The van der Waals surface area contributed by atoms with Crippen LogP contribution in [0.5, 0.6) is 0 Å². The van der Waals surface area contributed by atoms with Crippen LogP contribution < -0.4 is 0 Å². The average Bonchev–Trinajstić information content (AvgIpc) is 3.14. The lowest BCUT2D eigenvalue weighted by Gasteiger charge is -2.18. The SMILES string of the molecule is CCCCCCCCCCCCCCCCC(=O)OC[C@H](COC(=O)CCCCCCCCCCC)OC(=O)CCCCCCCCCCCCC. The fourth-order valence-corrected chi connectivity index (χ4v) is 6.85. The zero-order chi connectivity index (χ0) is 38.0. The Hall–Kier alpha value is -1.59. The minimum Gasteiger partial charge on any atom is -0.462 e. The highest BCUT2D eigenvalue weighted by atomic mass is 16.6. The summed E-state index contributed by atoms with van der Waals surface area (Å²) in [5.74, 6) is -0.853. The average molecular weight is 737 g/mol. The number of esters is 3. The molecule has 0 aromatic carbocycles. The highest BCUT2D eigenvalue weighted by Crippen LogP contribution is 2.16. The van der Waals surface area contributed by atoms with E-state index in [4.69, 9.17) is 14.2 Å². The molecule has 0 aromatic heterocycles. The van der Waals surface area contributed by atoms with E-state index in [2.05, 4.69) is 20.8 Å². The molecule has 0 aliphatic heterocycles. The number of rotatable bonds is 42. The predicted molar refractivity (Wildman–Crippen MR) is 220 cm³/mol. The zero-order valence-corrected chi connectivity index (χ0v) is 35.1. The van der Waals surface area contributed by atoms with E-state index in [-0.39, 0.29) is 31.1 Å². The van der Waals surface area contributed by atoms with E-state index in [1.54, 1.807) is 0 Å². The van der Waals surface area contributed by atoms with Gasteiger partial charge in [-0.1, -0.05) is 220 Å². The first-order valence-corrected chi connectivity index (χ1v) is 23.0. The second-order valence-corrected chi connectivity index (χ2v) is 15.7. The van der Waals surface area contributed by atoms with Crippen molar-refractivity contribution in [1.82, 2.24) is 0 Å². The Kier molecular flexibility index (Phi) is 40.9. The van der Waals surface area contributed by atoms with Crippen molar-refractivity contribution in [1.29, 1.82) is 0 Å². The Balaban J connectivity index is 4.29. The third-order valence-electron chi connectivity index (χ3n) is 10.4. The number of hydrogen-bond donors (Lipinski definition) is 0. The minimum absolute atomic E-state index is 0.0628. The van der Waals surface area contributed by atoms with Crippen LogP contribution in [0, 0.1) is 0 Å². The molecular weight excluding hydrogens is 648 g/mol. The molecule has 0 radical (unpaired) electrons. The van der Waals surface area contributed by atoms with Crippen LogP contribution in [0.15, 0.2) is 0 Å². The van der Waals surface area contributed by atoms with Crippen molar-refractivity contribution in [2.45, 2.75) is 264 Å². The zero-order valence-electron chi connectivity index (χ0n) is 35.1. The fourth-order valence-electron chi connectivity index (χ4n) is 6.85. The van der Waals surface area contributed by atoms with Crippen molar-refractivity contribution in [2.24, 2.45) is 0 Å². The van der Waals surface area contributed by atoms with Crippen molar-refractivity contribution in [3.8, 4) is 0 Å². The number of carbonyl (C=O) groups is 3. The molecule has 0 heterocycles. The molecule has 0 aliphatic rings. The van der Waals surface area contributed by atoms with E-state index in [1.807, 2.05) is 0 Å². The Bertz CT molecular complexity index is 768. The summed E-state index contributed by atoms with van der Waals surface area (Å²) in [5.41, 5.74) is 0. The monoisotopic (exact) mass is 737 g/mol. The molecule has 0 bridgehead atoms. The van der Waals surface area contributed by atoms with Crippen LogP contribution in [0.3, 0.4) is 0 Å². The Labute approximate surface area is 323 Å². The van der Waals surface area contributed by atoms with E-state index in [0.717, 1.165) is 57.8 Å². The lowest BCUT2D eigenvalue weighted by molar-refractivity contribution is -0.167. The van der Waals surface area contributed by atoms with Crippen LogP contribution >= 0.6 is 0 Å². The third kappa shape index (κ3) is 39.6. The molecule has 1 atom stereocenters. The summed E-state index contributed by atoms with van der Waals surface area (Å²) in [7, 11) is 0. The smallest absolute Gasteiger partial charge is 0.306 e.